The van der Waals surface area contributed by atoms with E-state index in [-0.39, 0.29) is 11.3 Å². The Hall–Kier alpha value is -2.44. The van der Waals surface area contributed by atoms with Crippen molar-refractivity contribution in [1.29, 1.82) is 0 Å². The predicted molar refractivity (Wildman–Crippen MR) is 71.7 cm³/mol. The normalized spacial score (nSPS) is 10.3. The van der Waals surface area contributed by atoms with Crippen LogP contribution in [0.4, 0.5) is 20.2 Å². The van der Waals surface area contributed by atoms with Gasteiger partial charge in [0.15, 0.2) is 0 Å². The van der Waals surface area contributed by atoms with Crippen molar-refractivity contribution in [3.8, 4) is 0 Å². The highest BCUT2D eigenvalue weighted by atomic mass is 19.1. The van der Waals surface area contributed by atoms with Gasteiger partial charge in [0.25, 0.3) is 5.91 Å². The molecule has 0 saturated heterocycles. The van der Waals surface area contributed by atoms with E-state index in [1.165, 1.54) is 12.4 Å². The summed E-state index contributed by atoms with van der Waals surface area (Å²) >= 11 is 0. The first-order valence-corrected chi connectivity index (χ1v) is 6.15. The number of benzene rings is 1. The predicted octanol–water partition coefficient (Wildman–Crippen LogP) is 2.76. The average Bonchev–Trinajstić information content (AvgIpc) is 2.90. The number of amides is 1. The molecule has 2 rings (SSSR count). The van der Waals surface area contributed by atoms with E-state index in [1.54, 1.807) is 0 Å². The summed E-state index contributed by atoms with van der Waals surface area (Å²) in [5.74, 6) is -2.20. The van der Waals surface area contributed by atoms with Crippen molar-refractivity contribution in [1.82, 2.24) is 10.2 Å². The number of carbonyl (C=O) groups is 1. The molecule has 0 aliphatic heterocycles. The number of carbonyl (C=O) groups excluding carboxylic acids is 1. The Morgan fingerprint density at radius 2 is 2.05 bits per heavy atom. The molecule has 0 aliphatic rings. The second kappa shape index (κ2) is 6.14. The highest BCUT2D eigenvalue weighted by Crippen LogP contribution is 2.21. The fraction of sp³-hybridized carbons (Fsp3) is 0.231. The monoisotopic (exact) mass is 280 g/mol. The van der Waals surface area contributed by atoms with Crippen LogP contribution in [-0.2, 0) is 0 Å². The number of halogens is 2. The SMILES string of the molecule is CCCNc1c(F)cc(C(=O)Nc2cn[nH]c2)cc1F. The lowest BCUT2D eigenvalue weighted by atomic mass is 10.1. The van der Waals surface area contributed by atoms with Gasteiger partial charge in [0.1, 0.15) is 17.3 Å². The number of hydrogen-bond acceptors (Lipinski definition) is 3. The number of rotatable bonds is 5. The van der Waals surface area contributed by atoms with Gasteiger partial charge in [-0.15, -0.1) is 0 Å². The molecule has 0 saturated carbocycles. The highest BCUT2D eigenvalue weighted by Gasteiger charge is 2.15. The molecule has 0 fully saturated rings. The summed E-state index contributed by atoms with van der Waals surface area (Å²) in [5, 5.41) is 11.3. The first-order valence-electron chi connectivity index (χ1n) is 6.15. The van der Waals surface area contributed by atoms with Crippen LogP contribution in [0.5, 0.6) is 0 Å². The lowest BCUT2D eigenvalue weighted by molar-refractivity contribution is 0.102. The second-order valence-electron chi connectivity index (χ2n) is 4.18. The molecule has 1 aromatic heterocycles. The van der Waals surface area contributed by atoms with E-state index in [4.69, 9.17) is 0 Å². The van der Waals surface area contributed by atoms with E-state index in [1.807, 2.05) is 6.92 Å². The fourth-order valence-corrected chi connectivity index (χ4v) is 1.65. The topological polar surface area (TPSA) is 69.8 Å². The second-order valence-corrected chi connectivity index (χ2v) is 4.18. The number of H-pyrrole nitrogens is 1. The maximum absolute atomic E-state index is 13.8. The molecule has 0 atom stereocenters. The third-order valence-corrected chi connectivity index (χ3v) is 2.61. The molecule has 20 heavy (non-hydrogen) atoms. The average molecular weight is 280 g/mol. The molecule has 0 bridgehead atoms. The van der Waals surface area contributed by atoms with E-state index in [0.717, 1.165) is 18.6 Å². The molecule has 0 radical (unpaired) electrons. The van der Waals surface area contributed by atoms with Gasteiger partial charge in [-0.25, -0.2) is 8.78 Å². The molecule has 1 heterocycles. The van der Waals surface area contributed by atoms with Crippen LogP contribution < -0.4 is 10.6 Å². The van der Waals surface area contributed by atoms with Crippen molar-refractivity contribution in [2.75, 3.05) is 17.2 Å². The zero-order valence-electron chi connectivity index (χ0n) is 10.8. The smallest absolute Gasteiger partial charge is 0.255 e. The minimum atomic E-state index is -0.796. The molecule has 0 aliphatic carbocycles. The quantitative estimate of drug-likeness (QED) is 0.788. The van der Waals surface area contributed by atoms with E-state index < -0.39 is 17.5 Å². The zero-order chi connectivity index (χ0) is 14.5. The summed E-state index contributed by atoms with van der Waals surface area (Å²) in [5.41, 5.74) is 0.110. The van der Waals surface area contributed by atoms with Crippen molar-refractivity contribution in [2.45, 2.75) is 13.3 Å². The lowest BCUT2D eigenvalue weighted by Gasteiger charge is -2.09. The summed E-state index contributed by atoms with van der Waals surface area (Å²) < 4.78 is 27.5. The maximum atomic E-state index is 13.8. The molecule has 1 amide bonds. The molecule has 2 aromatic rings. The van der Waals surface area contributed by atoms with Crippen LogP contribution in [0, 0.1) is 11.6 Å². The van der Waals surface area contributed by atoms with Crippen LogP contribution in [0.15, 0.2) is 24.5 Å². The fourth-order valence-electron chi connectivity index (χ4n) is 1.65. The molecule has 0 unspecified atom stereocenters. The van der Waals surface area contributed by atoms with Gasteiger partial charge in [-0.05, 0) is 18.6 Å². The summed E-state index contributed by atoms with van der Waals surface area (Å²) in [6.07, 6.45) is 3.59. The minimum Gasteiger partial charge on any atom is -0.380 e. The minimum absolute atomic E-state index is 0.0942. The Balaban J connectivity index is 2.18. The Morgan fingerprint density at radius 3 is 2.60 bits per heavy atom. The number of nitrogens with one attached hydrogen (secondary N) is 3. The summed E-state index contributed by atoms with van der Waals surface area (Å²) in [4.78, 5) is 11.8. The molecule has 1 aromatic carbocycles. The van der Waals surface area contributed by atoms with E-state index in [2.05, 4.69) is 20.8 Å². The molecule has 106 valence electrons. The van der Waals surface area contributed by atoms with E-state index in [0.29, 0.717) is 12.2 Å². The van der Waals surface area contributed by atoms with Gasteiger partial charge in [-0.1, -0.05) is 6.92 Å². The molecular weight excluding hydrogens is 266 g/mol. The van der Waals surface area contributed by atoms with Crippen LogP contribution >= 0.6 is 0 Å². The van der Waals surface area contributed by atoms with Crippen molar-refractivity contribution in [3.63, 3.8) is 0 Å². The number of nitrogens with zero attached hydrogens (tertiary/aromatic N) is 1. The van der Waals surface area contributed by atoms with Crippen LogP contribution in [-0.4, -0.2) is 22.6 Å². The van der Waals surface area contributed by atoms with Gasteiger partial charge in [-0.2, -0.15) is 5.10 Å². The lowest BCUT2D eigenvalue weighted by Crippen LogP contribution is -2.13. The van der Waals surface area contributed by atoms with Gasteiger partial charge in [0, 0.05) is 18.3 Å². The summed E-state index contributed by atoms with van der Waals surface area (Å²) in [7, 11) is 0. The van der Waals surface area contributed by atoms with Crippen LogP contribution in [0.3, 0.4) is 0 Å². The molecular formula is C13H14F2N4O. The van der Waals surface area contributed by atoms with Crippen LogP contribution in [0.2, 0.25) is 0 Å². The van der Waals surface area contributed by atoms with E-state index >= 15 is 0 Å². The highest BCUT2D eigenvalue weighted by molar-refractivity contribution is 6.04. The molecule has 5 nitrogen and oxygen atoms in total. The summed E-state index contributed by atoms with van der Waals surface area (Å²) in [6, 6.07) is 1.99. The van der Waals surface area contributed by atoms with Crippen LogP contribution in [0.25, 0.3) is 0 Å². The third-order valence-electron chi connectivity index (χ3n) is 2.61. The van der Waals surface area contributed by atoms with Gasteiger partial charge in [-0.3, -0.25) is 9.89 Å². The Labute approximate surface area is 114 Å². The maximum Gasteiger partial charge on any atom is 0.255 e. The first-order chi connectivity index (χ1) is 9.61. The van der Waals surface area contributed by atoms with Gasteiger partial charge < -0.3 is 10.6 Å². The summed E-state index contributed by atoms with van der Waals surface area (Å²) in [6.45, 7) is 2.34. The van der Waals surface area contributed by atoms with Crippen molar-refractivity contribution >= 4 is 17.3 Å². The zero-order valence-corrected chi connectivity index (χ0v) is 10.8. The molecule has 7 heteroatoms. The van der Waals surface area contributed by atoms with Crippen molar-refractivity contribution in [2.24, 2.45) is 0 Å². The van der Waals surface area contributed by atoms with Crippen molar-refractivity contribution < 1.29 is 13.6 Å². The number of aromatic amines is 1. The largest absolute Gasteiger partial charge is 0.380 e. The van der Waals surface area contributed by atoms with Crippen molar-refractivity contribution in [3.05, 3.63) is 41.7 Å². The standard InChI is InChI=1S/C13H14F2N4O/c1-2-3-16-12-10(14)4-8(5-11(12)15)13(20)19-9-6-17-18-7-9/h4-7,16H,2-3H2,1H3,(H,17,18)(H,19,20). The van der Waals surface area contributed by atoms with Gasteiger partial charge in [0.05, 0.1) is 11.9 Å². The number of aromatic nitrogens is 2. The third kappa shape index (κ3) is 3.11. The first kappa shape index (κ1) is 14.0. The van der Waals surface area contributed by atoms with Crippen LogP contribution in [0.1, 0.15) is 23.7 Å². The Bertz CT molecular complexity index is 575. The number of anilines is 2. The van der Waals surface area contributed by atoms with Gasteiger partial charge >= 0.3 is 0 Å². The Kier molecular flexibility index (Phi) is 4.29. The van der Waals surface area contributed by atoms with E-state index in [9.17, 15) is 13.6 Å². The number of hydrogen-bond donors (Lipinski definition) is 3. The molecule has 0 spiro atoms. The van der Waals surface area contributed by atoms with Gasteiger partial charge in [0.2, 0.25) is 0 Å². The molecule has 3 N–H and O–H groups in total. The Morgan fingerprint density at radius 1 is 1.35 bits per heavy atom.